The number of nitrogen functional groups attached to an aromatic ring is 1. The van der Waals surface area contributed by atoms with Crippen LogP contribution in [0.3, 0.4) is 0 Å². The fourth-order valence-corrected chi connectivity index (χ4v) is 4.99. The van der Waals surface area contributed by atoms with E-state index in [4.69, 9.17) is 5.84 Å². The molecule has 1 aliphatic rings. The van der Waals surface area contributed by atoms with Gasteiger partial charge >= 0.3 is 5.69 Å². The number of sulfonamides is 1. The van der Waals surface area contributed by atoms with Crippen molar-refractivity contribution < 1.29 is 13.3 Å². The van der Waals surface area contributed by atoms with Crippen LogP contribution in [0.5, 0.6) is 0 Å². The van der Waals surface area contributed by atoms with Crippen molar-refractivity contribution in [1.29, 1.82) is 0 Å². The molecule has 1 aliphatic heterocycles. The molecule has 1 unspecified atom stereocenters. The Kier molecular flexibility index (Phi) is 4.49. The predicted octanol–water partition coefficient (Wildman–Crippen LogP) is 0.267. The Morgan fingerprint density at radius 2 is 2.19 bits per heavy atom. The van der Waals surface area contributed by atoms with Crippen molar-refractivity contribution in [3.63, 3.8) is 0 Å². The van der Waals surface area contributed by atoms with Crippen LogP contribution in [0.2, 0.25) is 0 Å². The Morgan fingerprint density at radius 1 is 1.52 bits per heavy atom. The van der Waals surface area contributed by atoms with Crippen molar-refractivity contribution >= 4 is 32.0 Å². The molecule has 2 heterocycles. The molecule has 1 aromatic rings. The Bertz CT molecular complexity index is 644. The zero-order valence-electron chi connectivity index (χ0n) is 11.6. The summed E-state index contributed by atoms with van der Waals surface area (Å²) in [6.07, 6.45) is 0. The fourth-order valence-electron chi connectivity index (χ4n) is 2.09. The summed E-state index contributed by atoms with van der Waals surface area (Å²) < 4.78 is 26.4. The molecule has 1 fully saturated rings. The summed E-state index contributed by atoms with van der Waals surface area (Å²) in [5.74, 6) is 5.20. The molecule has 0 amide bonds. The molecule has 0 aromatic carbocycles. The van der Waals surface area contributed by atoms with E-state index < -0.39 is 14.9 Å². The summed E-state index contributed by atoms with van der Waals surface area (Å²) >= 11 is 0.769. The van der Waals surface area contributed by atoms with Gasteiger partial charge in [0.15, 0.2) is 5.00 Å². The third-order valence-corrected chi connectivity index (χ3v) is 6.90. The number of likely N-dealkylation sites (N-methyl/N-ethyl adjacent to an activating group) is 1. The maximum Gasteiger partial charge on any atom is 0.306 e. The molecule has 2 rings (SSSR count). The number of nitrogens with zero attached hydrogens (tertiary/aromatic N) is 3. The van der Waals surface area contributed by atoms with Gasteiger partial charge in [-0.05, 0) is 14.0 Å². The van der Waals surface area contributed by atoms with Gasteiger partial charge in [0, 0.05) is 31.7 Å². The number of hydrazine groups is 1. The minimum absolute atomic E-state index is 0.0285. The highest BCUT2D eigenvalue weighted by molar-refractivity contribution is 7.91. The lowest BCUT2D eigenvalue weighted by atomic mass is 10.2. The first kappa shape index (κ1) is 16.1. The first-order chi connectivity index (χ1) is 9.77. The first-order valence-electron chi connectivity index (χ1n) is 6.22. The molecule has 11 heteroatoms. The lowest BCUT2D eigenvalue weighted by molar-refractivity contribution is -0.383. The quantitative estimate of drug-likeness (QED) is 0.460. The molecule has 0 bridgehead atoms. The number of anilines is 1. The highest BCUT2D eigenvalue weighted by Gasteiger charge is 2.34. The van der Waals surface area contributed by atoms with E-state index in [1.54, 1.807) is 0 Å². The standard InChI is InChI=1S/C10H17N5O4S2/c1-7-6-14(4-3-13(7)2)21(18,19)9-5-8(15(16)17)10(12-11)20-9/h5,7,12H,3-4,6,11H2,1-2H3. The second kappa shape index (κ2) is 5.85. The van der Waals surface area contributed by atoms with Crippen LogP contribution in [0.25, 0.3) is 0 Å². The summed E-state index contributed by atoms with van der Waals surface area (Å²) in [6, 6.07) is 1.15. The third kappa shape index (κ3) is 3.01. The van der Waals surface area contributed by atoms with Crippen LogP contribution in [0.15, 0.2) is 10.3 Å². The molecule has 1 saturated heterocycles. The number of hydrogen-bond donors (Lipinski definition) is 2. The minimum Gasteiger partial charge on any atom is -0.310 e. The van der Waals surface area contributed by atoms with E-state index in [9.17, 15) is 18.5 Å². The topological polar surface area (TPSA) is 122 Å². The van der Waals surface area contributed by atoms with Gasteiger partial charge in [-0.1, -0.05) is 11.3 Å². The van der Waals surface area contributed by atoms with E-state index in [1.165, 1.54) is 4.31 Å². The third-order valence-electron chi connectivity index (χ3n) is 3.53. The summed E-state index contributed by atoms with van der Waals surface area (Å²) in [7, 11) is -1.81. The Morgan fingerprint density at radius 3 is 2.67 bits per heavy atom. The molecule has 1 atom stereocenters. The van der Waals surface area contributed by atoms with Crippen LogP contribution >= 0.6 is 11.3 Å². The highest BCUT2D eigenvalue weighted by Crippen LogP contribution is 2.37. The zero-order chi connectivity index (χ0) is 15.8. The van der Waals surface area contributed by atoms with Gasteiger partial charge in [0.2, 0.25) is 0 Å². The number of nitrogens with one attached hydrogen (secondary N) is 1. The van der Waals surface area contributed by atoms with Gasteiger partial charge in [0.1, 0.15) is 4.21 Å². The van der Waals surface area contributed by atoms with Crippen molar-refractivity contribution in [2.24, 2.45) is 5.84 Å². The van der Waals surface area contributed by atoms with Gasteiger partial charge < -0.3 is 10.3 Å². The van der Waals surface area contributed by atoms with Crippen molar-refractivity contribution in [2.75, 3.05) is 32.1 Å². The lowest BCUT2D eigenvalue weighted by Gasteiger charge is -2.36. The van der Waals surface area contributed by atoms with Crippen molar-refractivity contribution in [1.82, 2.24) is 9.21 Å². The van der Waals surface area contributed by atoms with E-state index in [2.05, 4.69) is 10.3 Å². The van der Waals surface area contributed by atoms with E-state index in [1.807, 2.05) is 14.0 Å². The zero-order valence-corrected chi connectivity index (χ0v) is 13.3. The molecule has 21 heavy (non-hydrogen) atoms. The Balaban J connectivity index is 2.34. The summed E-state index contributed by atoms with van der Waals surface area (Å²) in [5, 5.41) is 10.9. The molecule has 118 valence electrons. The van der Waals surface area contributed by atoms with Crippen LogP contribution in [0.4, 0.5) is 10.7 Å². The van der Waals surface area contributed by atoms with Gasteiger partial charge in [0.05, 0.1) is 4.92 Å². The van der Waals surface area contributed by atoms with Crippen LogP contribution < -0.4 is 11.3 Å². The molecule has 0 aliphatic carbocycles. The largest absolute Gasteiger partial charge is 0.310 e. The fraction of sp³-hybridized carbons (Fsp3) is 0.600. The molecule has 0 radical (unpaired) electrons. The summed E-state index contributed by atoms with van der Waals surface area (Å²) in [5.41, 5.74) is 1.84. The molecular formula is C10H17N5O4S2. The SMILES string of the molecule is CC1CN(S(=O)(=O)c2cc([N+](=O)[O-])c(NN)s2)CCN1C. The molecule has 3 N–H and O–H groups in total. The molecular weight excluding hydrogens is 318 g/mol. The predicted molar refractivity (Wildman–Crippen MR) is 79.6 cm³/mol. The van der Waals surface area contributed by atoms with E-state index in [-0.39, 0.29) is 20.9 Å². The number of piperazine rings is 1. The normalized spacial score (nSPS) is 21.4. The smallest absolute Gasteiger partial charge is 0.306 e. The number of nitro groups is 1. The number of rotatable bonds is 4. The minimum atomic E-state index is -3.74. The lowest BCUT2D eigenvalue weighted by Crippen LogP contribution is -2.51. The highest BCUT2D eigenvalue weighted by atomic mass is 32.2. The summed E-state index contributed by atoms with van der Waals surface area (Å²) in [6.45, 7) is 3.28. The number of hydrogen-bond acceptors (Lipinski definition) is 8. The summed E-state index contributed by atoms with van der Waals surface area (Å²) in [4.78, 5) is 12.3. The van der Waals surface area contributed by atoms with Crippen LogP contribution in [-0.2, 0) is 10.0 Å². The van der Waals surface area contributed by atoms with Gasteiger partial charge in [-0.3, -0.25) is 10.1 Å². The molecule has 0 saturated carbocycles. The second-order valence-electron chi connectivity index (χ2n) is 4.87. The van der Waals surface area contributed by atoms with E-state index in [0.717, 1.165) is 17.4 Å². The van der Waals surface area contributed by atoms with Crippen LogP contribution in [0, 0.1) is 10.1 Å². The Hall–Kier alpha value is -1.27. The second-order valence-corrected chi connectivity index (χ2v) is 8.09. The van der Waals surface area contributed by atoms with Crippen LogP contribution in [0.1, 0.15) is 6.92 Å². The monoisotopic (exact) mass is 335 g/mol. The van der Waals surface area contributed by atoms with Gasteiger partial charge in [-0.15, -0.1) is 0 Å². The average Bonchev–Trinajstić information content (AvgIpc) is 2.86. The number of nitrogens with two attached hydrogens (primary N) is 1. The van der Waals surface area contributed by atoms with Crippen molar-refractivity contribution in [3.8, 4) is 0 Å². The van der Waals surface area contributed by atoms with E-state index >= 15 is 0 Å². The molecule has 1 aromatic heterocycles. The maximum absolute atomic E-state index is 12.6. The average molecular weight is 335 g/mol. The van der Waals surface area contributed by atoms with Crippen LogP contribution in [-0.4, -0.2) is 55.3 Å². The first-order valence-corrected chi connectivity index (χ1v) is 8.48. The molecule has 9 nitrogen and oxygen atoms in total. The van der Waals surface area contributed by atoms with Gasteiger partial charge in [-0.25, -0.2) is 14.3 Å². The number of thiophene rings is 1. The Labute approximate surface area is 126 Å². The molecule has 0 spiro atoms. The maximum atomic E-state index is 12.6. The van der Waals surface area contributed by atoms with E-state index in [0.29, 0.717) is 19.6 Å². The van der Waals surface area contributed by atoms with Gasteiger partial charge in [0.25, 0.3) is 10.0 Å². The van der Waals surface area contributed by atoms with Crippen molar-refractivity contribution in [2.45, 2.75) is 17.2 Å². The van der Waals surface area contributed by atoms with Crippen molar-refractivity contribution in [3.05, 3.63) is 16.2 Å². The van der Waals surface area contributed by atoms with Gasteiger partial charge in [-0.2, -0.15) is 4.31 Å².